The molecule has 0 N–H and O–H groups in total. The zero-order valence-corrected chi connectivity index (χ0v) is 15.2. The predicted octanol–water partition coefficient (Wildman–Crippen LogP) is 2.67. The predicted molar refractivity (Wildman–Crippen MR) is 102 cm³/mol. The summed E-state index contributed by atoms with van der Waals surface area (Å²) in [7, 11) is 0. The van der Waals surface area contributed by atoms with Crippen molar-refractivity contribution < 1.29 is 4.79 Å². The minimum atomic E-state index is 0.179. The van der Waals surface area contributed by atoms with Gasteiger partial charge in [-0.1, -0.05) is 0 Å². The summed E-state index contributed by atoms with van der Waals surface area (Å²) in [4.78, 5) is 27.4. The molecule has 0 unspecified atom stereocenters. The van der Waals surface area contributed by atoms with Gasteiger partial charge in [0.25, 0.3) is 0 Å². The van der Waals surface area contributed by atoms with Crippen LogP contribution < -0.4 is 0 Å². The van der Waals surface area contributed by atoms with Crippen molar-refractivity contribution in [1.82, 2.24) is 24.4 Å². The minimum Gasteiger partial charge on any atom is -0.342 e. The summed E-state index contributed by atoms with van der Waals surface area (Å²) in [5.74, 6) is 1.52. The van der Waals surface area contributed by atoms with Gasteiger partial charge in [0.1, 0.15) is 5.82 Å². The molecule has 1 aliphatic heterocycles. The quantitative estimate of drug-likeness (QED) is 0.701. The fourth-order valence-corrected chi connectivity index (χ4v) is 3.70. The van der Waals surface area contributed by atoms with Gasteiger partial charge in [0.2, 0.25) is 5.91 Å². The normalized spacial score (nSPS) is 17.0. The molecule has 0 aromatic carbocycles. The number of aromatic nitrogens is 4. The Morgan fingerprint density at radius 3 is 2.44 bits per heavy atom. The standard InChI is InChI=1S/C21H23N5O/c27-20(14-17-3-7-22-8-4-17)25-12-1-2-19(16-25)21-24-11-13-26(21)15-18-5-9-23-10-6-18/h3-11,13,19H,1-2,12,14-16H2/t19-/m1/s1. The van der Waals surface area contributed by atoms with Crippen molar-refractivity contribution in [3.63, 3.8) is 0 Å². The monoisotopic (exact) mass is 361 g/mol. The number of carbonyl (C=O) groups is 1. The number of nitrogens with zero attached hydrogens (tertiary/aromatic N) is 5. The highest BCUT2D eigenvalue weighted by molar-refractivity contribution is 5.78. The minimum absolute atomic E-state index is 0.179. The van der Waals surface area contributed by atoms with Gasteiger partial charge in [0.05, 0.1) is 6.42 Å². The maximum absolute atomic E-state index is 12.7. The summed E-state index contributed by atoms with van der Waals surface area (Å²) < 4.78 is 2.19. The second kappa shape index (κ2) is 8.12. The first-order valence-corrected chi connectivity index (χ1v) is 9.36. The van der Waals surface area contributed by atoms with Crippen molar-refractivity contribution >= 4 is 5.91 Å². The van der Waals surface area contributed by atoms with E-state index in [9.17, 15) is 4.79 Å². The van der Waals surface area contributed by atoms with Crippen LogP contribution in [0.25, 0.3) is 0 Å². The second-order valence-electron chi connectivity index (χ2n) is 6.98. The number of rotatable bonds is 5. The Labute approximate surface area is 158 Å². The van der Waals surface area contributed by atoms with Gasteiger partial charge in [-0.25, -0.2) is 4.98 Å². The van der Waals surface area contributed by atoms with Crippen LogP contribution in [0.3, 0.4) is 0 Å². The molecule has 0 bridgehead atoms. The lowest BCUT2D eigenvalue weighted by atomic mass is 9.96. The van der Waals surface area contributed by atoms with Crippen molar-refractivity contribution in [2.24, 2.45) is 0 Å². The zero-order chi connectivity index (χ0) is 18.5. The summed E-state index contributed by atoms with van der Waals surface area (Å²) in [5.41, 5.74) is 2.21. The third kappa shape index (κ3) is 4.22. The SMILES string of the molecule is O=C(Cc1ccncc1)N1CCC[C@@H](c2nccn2Cc2ccncc2)C1. The second-order valence-corrected chi connectivity index (χ2v) is 6.98. The number of carbonyl (C=O) groups excluding carboxylic acids is 1. The molecule has 138 valence electrons. The third-order valence-corrected chi connectivity index (χ3v) is 5.09. The first-order chi connectivity index (χ1) is 13.3. The Kier molecular flexibility index (Phi) is 5.23. The van der Waals surface area contributed by atoms with Crippen LogP contribution >= 0.6 is 0 Å². The fourth-order valence-electron chi connectivity index (χ4n) is 3.70. The van der Waals surface area contributed by atoms with Gasteiger partial charge in [-0.15, -0.1) is 0 Å². The summed E-state index contributed by atoms with van der Waals surface area (Å²) in [5, 5.41) is 0. The number of imidazole rings is 1. The smallest absolute Gasteiger partial charge is 0.227 e. The highest BCUT2D eigenvalue weighted by Gasteiger charge is 2.27. The van der Waals surface area contributed by atoms with Crippen LogP contribution in [0, 0.1) is 0 Å². The summed E-state index contributed by atoms with van der Waals surface area (Å²) >= 11 is 0. The highest BCUT2D eigenvalue weighted by atomic mass is 16.2. The first kappa shape index (κ1) is 17.4. The fraction of sp³-hybridized carbons (Fsp3) is 0.333. The van der Waals surface area contributed by atoms with E-state index in [-0.39, 0.29) is 11.8 Å². The Morgan fingerprint density at radius 2 is 1.70 bits per heavy atom. The van der Waals surface area contributed by atoms with E-state index < -0.39 is 0 Å². The van der Waals surface area contributed by atoms with Crippen molar-refractivity contribution in [2.75, 3.05) is 13.1 Å². The van der Waals surface area contributed by atoms with Gasteiger partial charge in [0.15, 0.2) is 0 Å². The summed E-state index contributed by atoms with van der Waals surface area (Å²) in [6.07, 6.45) is 13.5. The van der Waals surface area contributed by atoms with Crippen molar-refractivity contribution in [3.8, 4) is 0 Å². The van der Waals surface area contributed by atoms with E-state index in [1.54, 1.807) is 12.4 Å². The van der Waals surface area contributed by atoms with Gasteiger partial charge in [-0.05, 0) is 48.2 Å². The van der Waals surface area contributed by atoms with Crippen LogP contribution in [0.5, 0.6) is 0 Å². The number of likely N-dealkylation sites (tertiary alicyclic amines) is 1. The molecule has 1 amide bonds. The molecule has 6 nitrogen and oxygen atoms in total. The van der Waals surface area contributed by atoms with E-state index in [2.05, 4.69) is 19.5 Å². The summed E-state index contributed by atoms with van der Waals surface area (Å²) in [6.45, 7) is 2.34. The molecule has 1 saturated heterocycles. The Balaban J connectivity index is 1.44. The molecule has 1 aliphatic rings. The Bertz CT molecular complexity index is 878. The molecule has 0 saturated carbocycles. The molecule has 27 heavy (non-hydrogen) atoms. The van der Waals surface area contributed by atoms with Crippen molar-refractivity contribution in [1.29, 1.82) is 0 Å². The zero-order valence-electron chi connectivity index (χ0n) is 15.2. The van der Waals surface area contributed by atoms with E-state index in [0.717, 1.165) is 43.9 Å². The number of hydrogen-bond acceptors (Lipinski definition) is 4. The lowest BCUT2D eigenvalue weighted by Crippen LogP contribution is -2.40. The van der Waals surface area contributed by atoms with Crippen LogP contribution in [-0.4, -0.2) is 43.4 Å². The highest BCUT2D eigenvalue weighted by Crippen LogP contribution is 2.26. The average molecular weight is 361 g/mol. The van der Waals surface area contributed by atoms with Gasteiger partial charge in [0, 0.05) is 62.7 Å². The van der Waals surface area contributed by atoms with Crippen LogP contribution in [0.4, 0.5) is 0 Å². The number of piperidine rings is 1. The molecule has 0 spiro atoms. The number of pyridine rings is 2. The van der Waals surface area contributed by atoms with Crippen LogP contribution in [0.2, 0.25) is 0 Å². The molecule has 0 aliphatic carbocycles. The molecule has 4 rings (SSSR count). The topological polar surface area (TPSA) is 63.9 Å². The third-order valence-electron chi connectivity index (χ3n) is 5.09. The van der Waals surface area contributed by atoms with E-state index in [0.29, 0.717) is 6.42 Å². The molecule has 1 atom stereocenters. The molecule has 1 fully saturated rings. The maximum atomic E-state index is 12.7. The molecule has 6 heteroatoms. The molecule has 3 aromatic rings. The molecular weight excluding hydrogens is 338 g/mol. The lowest BCUT2D eigenvalue weighted by Gasteiger charge is -2.33. The van der Waals surface area contributed by atoms with Crippen LogP contribution in [0.15, 0.2) is 61.4 Å². The maximum Gasteiger partial charge on any atom is 0.227 e. The van der Waals surface area contributed by atoms with Gasteiger partial charge in [-0.2, -0.15) is 0 Å². The number of amides is 1. The van der Waals surface area contributed by atoms with Gasteiger partial charge < -0.3 is 9.47 Å². The molecule has 4 heterocycles. The van der Waals surface area contributed by atoms with Gasteiger partial charge >= 0.3 is 0 Å². The largest absolute Gasteiger partial charge is 0.342 e. The molecule has 3 aromatic heterocycles. The van der Waals surface area contributed by atoms with E-state index >= 15 is 0 Å². The lowest BCUT2D eigenvalue weighted by molar-refractivity contribution is -0.131. The van der Waals surface area contributed by atoms with Crippen molar-refractivity contribution in [3.05, 3.63) is 78.4 Å². The average Bonchev–Trinajstić information content (AvgIpc) is 3.18. The van der Waals surface area contributed by atoms with Gasteiger partial charge in [-0.3, -0.25) is 14.8 Å². The molecule has 0 radical (unpaired) electrons. The number of hydrogen-bond donors (Lipinski definition) is 0. The van der Waals surface area contributed by atoms with Crippen molar-refractivity contribution in [2.45, 2.75) is 31.7 Å². The van der Waals surface area contributed by atoms with E-state index in [4.69, 9.17) is 0 Å². The summed E-state index contributed by atoms with van der Waals surface area (Å²) in [6, 6.07) is 7.85. The Hall–Kier alpha value is -3.02. The van der Waals surface area contributed by atoms with Crippen LogP contribution in [-0.2, 0) is 17.8 Å². The van der Waals surface area contributed by atoms with E-state index in [1.165, 1.54) is 5.56 Å². The van der Waals surface area contributed by atoms with E-state index in [1.807, 2.05) is 54.0 Å². The Morgan fingerprint density at radius 1 is 1.00 bits per heavy atom. The first-order valence-electron chi connectivity index (χ1n) is 9.36. The van der Waals surface area contributed by atoms with Crippen LogP contribution in [0.1, 0.15) is 35.7 Å². The molecular formula is C21H23N5O.